The van der Waals surface area contributed by atoms with Crippen LogP contribution in [0.3, 0.4) is 0 Å². The van der Waals surface area contributed by atoms with Crippen molar-refractivity contribution in [2.24, 2.45) is 0 Å². The molecule has 0 radical (unpaired) electrons. The van der Waals surface area contributed by atoms with Crippen LogP contribution in [0, 0.1) is 11.8 Å². The Bertz CT molecular complexity index is 641. The number of benzene rings is 2. The van der Waals surface area contributed by atoms with Crippen LogP contribution in [0.4, 0.5) is 5.69 Å². The highest BCUT2D eigenvalue weighted by molar-refractivity contribution is 6.30. The summed E-state index contributed by atoms with van der Waals surface area (Å²) in [5.41, 5.74) is 2.39. The first-order chi connectivity index (χ1) is 9.20. The number of hydrogen-bond acceptors (Lipinski definition) is 1. The molecule has 2 rings (SSSR count). The van der Waals surface area contributed by atoms with Crippen LogP contribution in [-0.4, -0.2) is 13.5 Å². The van der Waals surface area contributed by atoms with Crippen molar-refractivity contribution in [3.8, 4) is 11.8 Å². The van der Waals surface area contributed by atoms with Gasteiger partial charge >= 0.3 is 0 Å². The van der Waals surface area contributed by atoms with Crippen LogP contribution in [0.25, 0.3) is 0 Å². The zero-order valence-electron chi connectivity index (χ0n) is 10.4. The second kappa shape index (κ2) is 6.08. The summed E-state index contributed by atoms with van der Waals surface area (Å²) >= 11 is 5.97. The molecule has 2 nitrogen and oxygen atoms in total. The van der Waals surface area contributed by atoms with Crippen LogP contribution in [0.2, 0.25) is 5.02 Å². The number of hydrogen-bond donors (Lipinski definition) is 0. The van der Waals surface area contributed by atoms with E-state index in [9.17, 15) is 4.79 Å². The number of carbonyl (C=O) groups is 1. The summed E-state index contributed by atoms with van der Waals surface area (Å²) in [6.45, 7) is 0. The van der Waals surface area contributed by atoms with Gasteiger partial charge in [0, 0.05) is 17.6 Å². The van der Waals surface area contributed by atoms with E-state index < -0.39 is 0 Å². The van der Waals surface area contributed by atoms with Crippen molar-refractivity contribution >= 4 is 23.7 Å². The molecule has 0 unspecified atom stereocenters. The predicted molar refractivity (Wildman–Crippen MR) is 78.3 cm³/mol. The van der Waals surface area contributed by atoms with Gasteiger partial charge < -0.3 is 4.90 Å². The van der Waals surface area contributed by atoms with E-state index in [0.29, 0.717) is 5.02 Å². The highest BCUT2D eigenvalue weighted by Crippen LogP contribution is 2.22. The first-order valence-corrected chi connectivity index (χ1v) is 6.13. The minimum absolute atomic E-state index is 0.598. The maximum atomic E-state index is 10.9. The van der Waals surface area contributed by atoms with E-state index in [1.807, 2.05) is 30.3 Å². The quantitative estimate of drug-likeness (QED) is 0.605. The fourth-order valence-corrected chi connectivity index (χ4v) is 1.81. The molecule has 0 spiro atoms. The molecule has 0 N–H and O–H groups in total. The van der Waals surface area contributed by atoms with E-state index in [0.717, 1.165) is 23.2 Å². The van der Waals surface area contributed by atoms with E-state index in [2.05, 4.69) is 11.8 Å². The molecule has 0 aliphatic carbocycles. The Morgan fingerprint density at radius 1 is 1.11 bits per heavy atom. The van der Waals surface area contributed by atoms with E-state index in [1.165, 1.54) is 4.90 Å². The third-order valence-electron chi connectivity index (χ3n) is 2.61. The van der Waals surface area contributed by atoms with Crippen molar-refractivity contribution in [1.29, 1.82) is 0 Å². The van der Waals surface area contributed by atoms with Gasteiger partial charge in [-0.1, -0.05) is 41.6 Å². The van der Waals surface area contributed by atoms with Gasteiger partial charge in [0.2, 0.25) is 6.41 Å². The Morgan fingerprint density at radius 3 is 2.53 bits per heavy atom. The van der Waals surface area contributed by atoms with Crippen LogP contribution in [0.1, 0.15) is 11.1 Å². The monoisotopic (exact) mass is 269 g/mol. The van der Waals surface area contributed by atoms with Crippen LogP contribution in [0.5, 0.6) is 0 Å². The molecule has 0 heterocycles. The Morgan fingerprint density at radius 2 is 1.84 bits per heavy atom. The molecule has 0 bridgehead atoms. The third kappa shape index (κ3) is 3.37. The second-order valence-electron chi connectivity index (χ2n) is 3.99. The largest absolute Gasteiger partial charge is 0.317 e. The molecule has 0 saturated carbocycles. The maximum Gasteiger partial charge on any atom is 0.213 e. The fraction of sp³-hybridized carbons (Fsp3) is 0.0625. The van der Waals surface area contributed by atoms with Gasteiger partial charge in [0.15, 0.2) is 0 Å². The maximum absolute atomic E-state index is 10.9. The highest BCUT2D eigenvalue weighted by Gasteiger charge is 2.05. The smallest absolute Gasteiger partial charge is 0.213 e. The van der Waals surface area contributed by atoms with E-state index >= 15 is 0 Å². The lowest BCUT2D eigenvalue weighted by atomic mass is 10.1. The number of amides is 1. The van der Waals surface area contributed by atoms with Crippen molar-refractivity contribution in [3.63, 3.8) is 0 Å². The molecule has 0 aromatic heterocycles. The molecule has 2 aromatic rings. The van der Waals surface area contributed by atoms with Gasteiger partial charge in [0.1, 0.15) is 0 Å². The standard InChI is InChI=1S/C16H12ClNO/c1-18(12-19)16-10-9-15(17)11-14(16)8-7-13-5-3-2-4-6-13/h2-6,9-12H,1H3. The number of halogens is 1. The van der Waals surface area contributed by atoms with Gasteiger partial charge in [-0.2, -0.15) is 0 Å². The van der Waals surface area contributed by atoms with Crippen LogP contribution in [-0.2, 0) is 4.79 Å². The van der Waals surface area contributed by atoms with Crippen molar-refractivity contribution in [1.82, 2.24) is 0 Å². The van der Waals surface area contributed by atoms with Crippen LogP contribution < -0.4 is 4.90 Å². The van der Waals surface area contributed by atoms with Gasteiger partial charge in [0.05, 0.1) is 11.3 Å². The molecule has 2 aromatic carbocycles. The average molecular weight is 270 g/mol. The van der Waals surface area contributed by atoms with E-state index in [-0.39, 0.29) is 0 Å². The molecular formula is C16H12ClNO. The molecular weight excluding hydrogens is 258 g/mol. The summed E-state index contributed by atoms with van der Waals surface area (Å²) in [7, 11) is 1.68. The Labute approximate surface area is 117 Å². The third-order valence-corrected chi connectivity index (χ3v) is 2.85. The van der Waals surface area contributed by atoms with Gasteiger partial charge in [-0.25, -0.2) is 0 Å². The van der Waals surface area contributed by atoms with Gasteiger partial charge in [-0.3, -0.25) is 4.79 Å². The molecule has 0 aliphatic heterocycles. The molecule has 0 fully saturated rings. The summed E-state index contributed by atoms with van der Waals surface area (Å²) in [5, 5.41) is 0.598. The Hall–Kier alpha value is -2.24. The zero-order chi connectivity index (χ0) is 13.7. The molecule has 3 heteroatoms. The lowest BCUT2D eigenvalue weighted by molar-refractivity contribution is -0.107. The SMILES string of the molecule is CN(C=O)c1ccc(Cl)cc1C#Cc1ccccc1. The van der Waals surface area contributed by atoms with Gasteiger partial charge in [0.25, 0.3) is 0 Å². The first kappa shape index (κ1) is 13.2. The van der Waals surface area contributed by atoms with Crippen LogP contribution in [0.15, 0.2) is 48.5 Å². The van der Waals surface area contributed by atoms with Gasteiger partial charge in [-0.15, -0.1) is 0 Å². The van der Waals surface area contributed by atoms with Crippen LogP contribution >= 0.6 is 11.6 Å². The van der Waals surface area contributed by atoms with Gasteiger partial charge in [-0.05, 0) is 30.3 Å². The minimum Gasteiger partial charge on any atom is -0.317 e. The highest BCUT2D eigenvalue weighted by atomic mass is 35.5. The van der Waals surface area contributed by atoms with Crippen molar-refractivity contribution in [2.75, 3.05) is 11.9 Å². The van der Waals surface area contributed by atoms with E-state index in [4.69, 9.17) is 11.6 Å². The summed E-state index contributed by atoms with van der Waals surface area (Å²) in [6, 6.07) is 14.9. The fourth-order valence-electron chi connectivity index (χ4n) is 1.63. The average Bonchev–Trinajstić information content (AvgIpc) is 2.45. The predicted octanol–water partition coefficient (Wildman–Crippen LogP) is 3.33. The lowest BCUT2D eigenvalue weighted by Gasteiger charge is -2.12. The second-order valence-corrected chi connectivity index (χ2v) is 4.43. The van der Waals surface area contributed by atoms with Crippen molar-refractivity contribution in [2.45, 2.75) is 0 Å². The topological polar surface area (TPSA) is 20.3 Å². The Balaban J connectivity index is 2.42. The molecule has 0 aliphatic rings. The molecule has 19 heavy (non-hydrogen) atoms. The summed E-state index contributed by atoms with van der Waals surface area (Å²) in [4.78, 5) is 12.3. The van der Waals surface area contributed by atoms with Crippen molar-refractivity contribution < 1.29 is 4.79 Å². The minimum atomic E-state index is 0.598. The van der Waals surface area contributed by atoms with Crippen molar-refractivity contribution in [3.05, 3.63) is 64.7 Å². The number of rotatable bonds is 2. The zero-order valence-corrected chi connectivity index (χ0v) is 11.2. The molecule has 0 atom stereocenters. The first-order valence-electron chi connectivity index (χ1n) is 5.75. The normalized spacial score (nSPS) is 9.37. The number of carbonyl (C=O) groups excluding carboxylic acids is 1. The summed E-state index contributed by atoms with van der Waals surface area (Å²) in [5.74, 6) is 6.11. The summed E-state index contributed by atoms with van der Waals surface area (Å²) < 4.78 is 0. The van der Waals surface area contributed by atoms with E-state index in [1.54, 1.807) is 25.2 Å². The number of anilines is 1. The Kier molecular flexibility index (Phi) is 4.22. The summed E-state index contributed by atoms with van der Waals surface area (Å²) in [6.07, 6.45) is 0.747. The lowest BCUT2D eigenvalue weighted by Crippen LogP contribution is -2.14. The molecule has 1 amide bonds. The molecule has 0 saturated heterocycles. The number of nitrogens with zero attached hydrogens (tertiary/aromatic N) is 1. The molecule has 94 valence electrons.